The topological polar surface area (TPSA) is 73.8 Å². The summed E-state index contributed by atoms with van der Waals surface area (Å²) in [4.78, 5) is 5.27. The molecule has 0 aliphatic rings. The molecule has 0 aliphatic carbocycles. The number of nitrogens with zero attached hydrogens (tertiary/aromatic N) is 2. The molecule has 0 radical (unpaired) electrons. The normalized spacial score (nSPS) is 14.2. The van der Waals surface area contributed by atoms with E-state index in [1.54, 1.807) is 13.1 Å². The highest BCUT2D eigenvalue weighted by Gasteiger charge is 2.23. The number of hydrogen-bond donors (Lipinski definition) is 2. The Kier molecular flexibility index (Phi) is 8.88. The average molecular weight is 389 g/mol. The number of hydrogen-bond acceptors (Lipinski definition) is 4. The molecule has 0 amide bonds. The summed E-state index contributed by atoms with van der Waals surface area (Å²) >= 11 is 1.35. The second-order valence-corrected chi connectivity index (χ2v) is 9.57. The summed E-state index contributed by atoms with van der Waals surface area (Å²) in [5, 5.41) is 6.63. The van der Waals surface area contributed by atoms with Crippen LogP contribution < -0.4 is 10.6 Å². The van der Waals surface area contributed by atoms with Crippen molar-refractivity contribution in [1.29, 1.82) is 0 Å². The van der Waals surface area contributed by atoms with Crippen molar-refractivity contribution in [2.45, 2.75) is 51.3 Å². The first kappa shape index (κ1) is 21.9. The van der Waals surface area contributed by atoms with Gasteiger partial charge in [-0.15, -0.1) is 11.3 Å². The maximum atomic E-state index is 12.5. The Balaban J connectivity index is 2.62. The Morgan fingerprint density at radius 2 is 1.88 bits per heavy atom. The predicted molar refractivity (Wildman–Crippen MR) is 107 cm³/mol. The number of nitrogens with one attached hydrogen (secondary N) is 2. The van der Waals surface area contributed by atoms with E-state index in [4.69, 9.17) is 0 Å². The molecule has 1 heterocycles. The minimum atomic E-state index is -3.36. The third-order valence-corrected chi connectivity index (χ3v) is 7.85. The summed E-state index contributed by atoms with van der Waals surface area (Å²) in [7, 11) is -1.60. The van der Waals surface area contributed by atoms with Crippen LogP contribution in [0.3, 0.4) is 0 Å². The molecule has 1 rings (SSSR count). The molecule has 0 saturated heterocycles. The van der Waals surface area contributed by atoms with Gasteiger partial charge in [-0.25, -0.2) is 8.42 Å². The van der Waals surface area contributed by atoms with Crippen LogP contribution in [-0.2, 0) is 16.4 Å². The van der Waals surface area contributed by atoms with Gasteiger partial charge in [0.2, 0.25) is 0 Å². The Hall–Kier alpha value is -1.12. The zero-order chi connectivity index (χ0) is 19.0. The first-order chi connectivity index (χ1) is 11.8. The monoisotopic (exact) mass is 388 g/mol. The van der Waals surface area contributed by atoms with Gasteiger partial charge >= 0.3 is 0 Å². The zero-order valence-corrected chi connectivity index (χ0v) is 17.8. The molecule has 0 fully saturated rings. The van der Waals surface area contributed by atoms with E-state index in [2.05, 4.69) is 36.4 Å². The summed E-state index contributed by atoms with van der Waals surface area (Å²) in [6.45, 7) is 11.8. The molecule has 8 heteroatoms. The van der Waals surface area contributed by atoms with Crippen molar-refractivity contribution in [2.75, 3.05) is 26.7 Å². The van der Waals surface area contributed by atoms with Gasteiger partial charge in [0.05, 0.1) is 0 Å². The second-order valence-electron chi connectivity index (χ2n) is 6.24. The van der Waals surface area contributed by atoms with Crippen molar-refractivity contribution >= 4 is 27.3 Å². The van der Waals surface area contributed by atoms with Gasteiger partial charge in [0, 0.05) is 37.6 Å². The molecule has 0 bridgehead atoms. The minimum Gasteiger partial charge on any atom is -0.356 e. The molecular formula is C17H32N4O2S2. The van der Waals surface area contributed by atoms with Crippen LogP contribution in [0.5, 0.6) is 0 Å². The number of sulfonamides is 1. The summed E-state index contributed by atoms with van der Waals surface area (Å²) in [5.74, 6) is 1.29. The maximum absolute atomic E-state index is 12.5. The smallest absolute Gasteiger partial charge is 0.252 e. The molecule has 25 heavy (non-hydrogen) atoms. The summed E-state index contributed by atoms with van der Waals surface area (Å²) in [6.07, 6.45) is 0.759. The van der Waals surface area contributed by atoms with Gasteiger partial charge in [0.1, 0.15) is 4.21 Å². The van der Waals surface area contributed by atoms with E-state index in [1.165, 1.54) is 15.6 Å². The number of aliphatic imine (C=N–C) groups is 1. The summed E-state index contributed by atoms with van der Waals surface area (Å²) < 4.78 is 26.9. The molecule has 1 aromatic rings. The van der Waals surface area contributed by atoms with Gasteiger partial charge in [-0.3, -0.25) is 4.99 Å². The minimum absolute atomic E-state index is 0.332. The Bertz CT molecular complexity index is 649. The molecule has 1 atom stereocenters. The van der Waals surface area contributed by atoms with Crippen LogP contribution in [-0.4, -0.2) is 51.4 Å². The van der Waals surface area contributed by atoms with Crippen LogP contribution in [0.4, 0.5) is 0 Å². The summed E-state index contributed by atoms with van der Waals surface area (Å²) in [6, 6.07) is 3.94. The van der Waals surface area contributed by atoms with E-state index in [0.29, 0.717) is 35.8 Å². The van der Waals surface area contributed by atoms with Crippen LogP contribution >= 0.6 is 11.3 Å². The molecule has 0 aromatic carbocycles. The number of rotatable bonds is 9. The SMILES string of the molecule is CCN(CC)S(=O)(=O)c1ccc(CCNC(=NC)NC(C)C(C)C)s1. The molecule has 1 unspecified atom stereocenters. The predicted octanol–water partition coefficient (Wildman–Crippen LogP) is 2.53. The molecule has 144 valence electrons. The lowest BCUT2D eigenvalue weighted by Crippen LogP contribution is -2.44. The summed E-state index contributed by atoms with van der Waals surface area (Å²) in [5.41, 5.74) is 0. The number of guanidine groups is 1. The fourth-order valence-corrected chi connectivity index (χ4v) is 5.17. The molecule has 0 saturated carbocycles. The van der Waals surface area contributed by atoms with Gasteiger partial charge in [0.15, 0.2) is 5.96 Å². The largest absolute Gasteiger partial charge is 0.356 e. The van der Waals surface area contributed by atoms with Gasteiger partial charge in [0.25, 0.3) is 10.0 Å². The lowest BCUT2D eigenvalue weighted by molar-refractivity contribution is 0.447. The van der Waals surface area contributed by atoms with Crippen molar-refractivity contribution in [3.8, 4) is 0 Å². The highest BCUT2D eigenvalue weighted by atomic mass is 32.2. The van der Waals surface area contributed by atoms with Crippen LogP contribution in [0, 0.1) is 5.92 Å². The van der Waals surface area contributed by atoms with Crippen LogP contribution in [0.2, 0.25) is 0 Å². The first-order valence-electron chi connectivity index (χ1n) is 8.82. The van der Waals surface area contributed by atoms with E-state index in [1.807, 2.05) is 19.9 Å². The third-order valence-electron chi connectivity index (χ3n) is 4.19. The second kappa shape index (κ2) is 10.1. The van der Waals surface area contributed by atoms with Gasteiger partial charge in [-0.05, 0) is 31.4 Å². The van der Waals surface area contributed by atoms with Crippen LogP contribution in [0.1, 0.15) is 39.5 Å². The Labute approximate surface area is 156 Å². The molecule has 2 N–H and O–H groups in total. The lowest BCUT2D eigenvalue weighted by atomic mass is 10.1. The standard InChI is InChI=1S/C17H32N4O2S2/c1-7-21(8-2)25(22,23)16-10-9-15(24-16)11-12-19-17(18-6)20-14(5)13(3)4/h9-10,13-14H,7-8,11-12H2,1-6H3,(H2,18,19,20). The van der Waals surface area contributed by atoms with E-state index >= 15 is 0 Å². The molecule has 6 nitrogen and oxygen atoms in total. The van der Waals surface area contributed by atoms with E-state index in [0.717, 1.165) is 17.3 Å². The van der Waals surface area contributed by atoms with Crippen molar-refractivity contribution in [2.24, 2.45) is 10.9 Å². The fraction of sp³-hybridized carbons (Fsp3) is 0.706. The van der Waals surface area contributed by atoms with Crippen molar-refractivity contribution in [3.63, 3.8) is 0 Å². The quantitative estimate of drug-likeness (QED) is 0.504. The average Bonchev–Trinajstić information content (AvgIpc) is 3.04. The van der Waals surface area contributed by atoms with Crippen molar-refractivity contribution in [1.82, 2.24) is 14.9 Å². The molecule has 0 aliphatic heterocycles. The molecule has 1 aromatic heterocycles. The van der Waals surface area contributed by atoms with E-state index in [9.17, 15) is 8.42 Å². The highest BCUT2D eigenvalue weighted by Crippen LogP contribution is 2.25. The lowest BCUT2D eigenvalue weighted by Gasteiger charge is -2.20. The van der Waals surface area contributed by atoms with Gasteiger partial charge in [-0.1, -0.05) is 27.7 Å². The number of thiophene rings is 1. The first-order valence-corrected chi connectivity index (χ1v) is 11.1. The van der Waals surface area contributed by atoms with Crippen molar-refractivity contribution < 1.29 is 8.42 Å². The van der Waals surface area contributed by atoms with Crippen LogP contribution in [0.15, 0.2) is 21.3 Å². The van der Waals surface area contributed by atoms with Crippen molar-refractivity contribution in [3.05, 3.63) is 17.0 Å². The van der Waals surface area contributed by atoms with Crippen LogP contribution in [0.25, 0.3) is 0 Å². The highest BCUT2D eigenvalue weighted by molar-refractivity contribution is 7.91. The fourth-order valence-electron chi connectivity index (χ4n) is 2.20. The van der Waals surface area contributed by atoms with Gasteiger partial charge < -0.3 is 10.6 Å². The van der Waals surface area contributed by atoms with E-state index in [-0.39, 0.29) is 0 Å². The Morgan fingerprint density at radius 3 is 2.40 bits per heavy atom. The molecule has 0 spiro atoms. The maximum Gasteiger partial charge on any atom is 0.252 e. The van der Waals surface area contributed by atoms with Gasteiger partial charge in [-0.2, -0.15) is 4.31 Å². The third kappa shape index (κ3) is 6.27. The zero-order valence-electron chi connectivity index (χ0n) is 16.2. The van der Waals surface area contributed by atoms with E-state index < -0.39 is 10.0 Å². The Morgan fingerprint density at radius 1 is 1.24 bits per heavy atom. The molecular weight excluding hydrogens is 356 g/mol.